The summed E-state index contributed by atoms with van der Waals surface area (Å²) in [7, 11) is 0. The van der Waals surface area contributed by atoms with Crippen molar-refractivity contribution < 1.29 is 0 Å². The number of aromatic nitrogens is 6. The summed E-state index contributed by atoms with van der Waals surface area (Å²) >= 11 is 25.9. The largest absolute Gasteiger partial charge is 0.252 e. The van der Waals surface area contributed by atoms with Crippen LogP contribution in [-0.4, -0.2) is 29.9 Å². The Bertz CT molecular complexity index is 3790. The maximum atomic E-state index is 6.01. The van der Waals surface area contributed by atoms with E-state index in [4.69, 9.17) is 23.2 Å². The van der Waals surface area contributed by atoms with Gasteiger partial charge in [0, 0.05) is 98.5 Å². The first kappa shape index (κ1) is 57.7. The highest BCUT2D eigenvalue weighted by molar-refractivity contribution is 9.11. The van der Waals surface area contributed by atoms with Crippen molar-refractivity contribution in [2.24, 2.45) is 0 Å². The predicted octanol–water partition coefficient (Wildman–Crippen LogP) is 22.5. The summed E-state index contributed by atoms with van der Waals surface area (Å²) in [6.07, 6.45) is 10.4. The lowest BCUT2D eigenvalue weighted by Gasteiger charge is -2.10. The third kappa shape index (κ3) is 14.5. The van der Waals surface area contributed by atoms with E-state index < -0.39 is 0 Å². The van der Waals surface area contributed by atoms with Crippen LogP contribution < -0.4 is 0 Å². The molecule has 0 N–H and O–H groups in total. The quantitative estimate of drug-likeness (QED) is 0.136. The SMILES string of the molecule is Brc1ccc(-c2ccc(-c3nccnc3-c3ccc(-c4ccc(Br)cc4)cc3)cc2)cc1.Brc1ccc(-c2nccnc2-c2ccc(Br)cc2)cc1.Clc1ccc(-c2ccc(-c3nccnc3-c3ccc(-c4ccc(Cl)cc4)cc3)cc2)cc1. The van der Waals surface area contributed by atoms with Crippen LogP contribution in [0, 0.1) is 0 Å². The summed E-state index contributed by atoms with van der Waals surface area (Å²) in [5.74, 6) is 0. The molecule has 0 saturated heterocycles. The standard InChI is InChI=1S/C28H18Br2N2.C28H18Cl2N2.C16H10Br2N2/c2*29-25-13-9-21(10-14-25)19-1-5-23(6-2-19)27-28(32-18-17-31-27)24-7-3-20(4-8-24)22-11-15-26(30)16-12-22;17-13-5-1-11(2-6-13)15-16(20-10-9-19-15)12-3-7-14(18)8-4-12/h2*1-18H;1-10H. The van der Waals surface area contributed by atoms with Crippen LogP contribution in [0.15, 0.2) is 298 Å². The van der Waals surface area contributed by atoms with Gasteiger partial charge in [-0.3, -0.25) is 29.9 Å². The molecule has 0 aliphatic rings. The first-order chi connectivity index (χ1) is 41.1. The number of nitrogens with zero attached hydrogens (tertiary/aromatic N) is 6. The van der Waals surface area contributed by atoms with Crippen LogP contribution in [-0.2, 0) is 0 Å². The zero-order chi connectivity index (χ0) is 57.8. The van der Waals surface area contributed by atoms with Crippen molar-refractivity contribution in [3.05, 3.63) is 308 Å². The van der Waals surface area contributed by atoms with Crippen molar-refractivity contribution >= 4 is 86.9 Å². The van der Waals surface area contributed by atoms with Crippen molar-refractivity contribution in [3.8, 4) is 112 Å². The highest BCUT2D eigenvalue weighted by atomic mass is 79.9. The molecule has 12 heteroatoms. The first-order valence-corrected chi connectivity index (χ1v) is 30.4. The molecular weight excluding hydrogens is 1340 g/mol. The van der Waals surface area contributed by atoms with Crippen molar-refractivity contribution in [2.45, 2.75) is 0 Å². The van der Waals surface area contributed by atoms with Gasteiger partial charge in [0.25, 0.3) is 0 Å². The van der Waals surface area contributed by atoms with E-state index in [0.29, 0.717) is 0 Å². The van der Waals surface area contributed by atoms with Gasteiger partial charge in [0.2, 0.25) is 0 Å². The maximum absolute atomic E-state index is 6.01. The molecule has 6 nitrogen and oxygen atoms in total. The van der Waals surface area contributed by atoms with Crippen molar-refractivity contribution in [1.82, 2.24) is 29.9 Å². The monoisotopic (exact) mass is 1380 g/mol. The molecule has 13 aromatic rings. The molecule has 0 unspecified atom stereocenters. The fourth-order valence-electron chi connectivity index (χ4n) is 9.35. The van der Waals surface area contributed by atoms with Crippen LogP contribution in [0.3, 0.4) is 0 Å². The smallest absolute Gasteiger partial charge is 0.0965 e. The summed E-state index contributed by atoms with van der Waals surface area (Å²) in [5, 5.41) is 1.47. The summed E-state index contributed by atoms with van der Waals surface area (Å²) in [5.41, 5.74) is 20.7. The minimum Gasteiger partial charge on any atom is -0.252 e. The highest BCUT2D eigenvalue weighted by Gasteiger charge is 2.15. The van der Waals surface area contributed by atoms with Crippen LogP contribution in [0.25, 0.3) is 112 Å². The van der Waals surface area contributed by atoms with Gasteiger partial charge in [0.05, 0.1) is 34.2 Å². The van der Waals surface area contributed by atoms with Gasteiger partial charge in [-0.1, -0.05) is 257 Å². The fraction of sp³-hybridized carbons (Fsp3) is 0. The Morgan fingerprint density at radius 2 is 0.286 bits per heavy atom. The summed E-state index contributed by atoms with van der Waals surface area (Å²) in [6.45, 7) is 0. The van der Waals surface area contributed by atoms with Gasteiger partial charge >= 0.3 is 0 Å². The Balaban J connectivity index is 0.000000135. The molecule has 0 aliphatic heterocycles. The fourth-order valence-corrected chi connectivity index (χ4v) is 10.7. The molecule has 84 heavy (non-hydrogen) atoms. The molecule has 0 amide bonds. The normalized spacial score (nSPS) is 10.7. The average molecular weight is 1390 g/mol. The van der Waals surface area contributed by atoms with E-state index in [1.54, 1.807) is 37.2 Å². The third-order valence-corrected chi connectivity index (χ3v) is 16.3. The van der Waals surface area contributed by atoms with E-state index in [2.05, 4.69) is 239 Å². The van der Waals surface area contributed by atoms with Gasteiger partial charge in [-0.05, 0) is 117 Å². The van der Waals surface area contributed by atoms with Gasteiger partial charge in [-0.25, -0.2) is 0 Å². The second kappa shape index (κ2) is 27.6. The first-order valence-electron chi connectivity index (χ1n) is 26.5. The minimum absolute atomic E-state index is 0.733. The molecule has 0 bridgehead atoms. The molecular formula is C72H46Br4Cl2N6. The number of benzene rings is 10. The number of hydrogen-bond acceptors (Lipinski definition) is 6. The second-order valence-corrected chi connectivity index (χ2v) is 23.6. The zero-order valence-electron chi connectivity index (χ0n) is 44.5. The molecule has 3 aromatic heterocycles. The summed E-state index contributed by atoms with van der Waals surface area (Å²) < 4.78 is 4.26. The Morgan fingerprint density at radius 3 is 0.452 bits per heavy atom. The van der Waals surface area contributed by atoms with E-state index in [9.17, 15) is 0 Å². The third-order valence-electron chi connectivity index (χ3n) is 13.7. The zero-order valence-corrected chi connectivity index (χ0v) is 52.4. The maximum Gasteiger partial charge on any atom is 0.0965 e. The van der Waals surface area contributed by atoms with Crippen LogP contribution in [0.5, 0.6) is 0 Å². The molecule has 0 radical (unpaired) electrons. The summed E-state index contributed by atoms with van der Waals surface area (Å²) in [6, 6.07) is 82.3. The van der Waals surface area contributed by atoms with E-state index in [1.807, 2.05) is 97.1 Å². The van der Waals surface area contributed by atoms with E-state index >= 15 is 0 Å². The molecule has 406 valence electrons. The van der Waals surface area contributed by atoms with Crippen LogP contribution in [0.4, 0.5) is 0 Å². The number of rotatable bonds is 10. The van der Waals surface area contributed by atoms with Crippen molar-refractivity contribution in [1.29, 1.82) is 0 Å². The average Bonchev–Trinajstić information content (AvgIpc) is 3.69. The Labute approximate surface area is 532 Å². The second-order valence-electron chi connectivity index (χ2n) is 19.1. The highest BCUT2D eigenvalue weighted by Crippen LogP contribution is 2.36. The molecule has 13 rings (SSSR count). The lowest BCUT2D eigenvalue weighted by atomic mass is 9.98. The van der Waals surface area contributed by atoms with E-state index in [1.165, 1.54) is 22.3 Å². The molecule has 3 heterocycles. The molecule has 0 fully saturated rings. The van der Waals surface area contributed by atoms with Crippen LogP contribution in [0.2, 0.25) is 10.0 Å². The Kier molecular flexibility index (Phi) is 18.9. The van der Waals surface area contributed by atoms with E-state index in [-0.39, 0.29) is 0 Å². The van der Waals surface area contributed by atoms with Crippen molar-refractivity contribution in [2.75, 3.05) is 0 Å². The summed E-state index contributed by atoms with van der Waals surface area (Å²) in [4.78, 5) is 27.6. The number of hydrogen-bond donors (Lipinski definition) is 0. The van der Waals surface area contributed by atoms with Crippen LogP contribution in [0.1, 0.15) is 0 Å². The topological polar surface area (TPSA) is 77.3 Å². The molecule has 0 spiro atoms. The van der Waals surface area contributed by atoms with Gasteiger partial charge < -0.3 is 0 Å². The Morgan fingerprint density at radius 1 is 0.167 bits per heavy atom. The van der Waals surface area contributed by atoms with Crippen LogP contribution >= 0.6 is 86.9 Å². The predicted molar refractivity (Wildman–Crippen MR) is 361 cm³/mol. The Hall–Kier alpha value is -8.06. The number of halogens is 6. The molecule has 10 aromatic carbocycles. The minimum atomic E-state index is 0.733. The van der Waals surface area contributed by atoms with E-state index in [0.717, 1.165) is 118 Å². The van der Waals surface area contributed by atoms with Crippen molar-refractivity contribution in [3.63, 3.8) is 0 Å². The molecule has 0 saturated carbocycles. The van der Waals surface area contributed by atoms with Gasteiger partial charge in [-0.15, -0.1) is 0 Å². The lowest BCUT2D eigenvalue weighted by Crippen LogP contribution is -1.92. The molecule has 0 atom stereocenters. The van der Waals surface area contributed by atoms with Gasteiger partial charge in [-0.2, -0.15) is 0 Å². The van der Waals surface area contributed by atoms with Gasteiger partial charge in [0.15, 0.2) is 0 Å². The lowest BCUT2D eigenvalue weighted by molar-refractivity contribution is 1.21. The molecule has 0 aliphatic carbocycles. The van der Waals surface area contributed by atoms with Gasteiger partial charge in [0.1, 0.15) is 0 Å².